The fourth-order valence-corrected chi connectivity index (χ4v) is 4.28. The minimum Gasteiger partial charge on any atom is -0.431 e. The molecule has 3 rings (SSSR count). The number of amides is 1. The summed E-state index contributed by atoms with van der Waals surface area (Å²) >= 11 is 0. The Bertz CT molecular complexity index is 1090. The molecule has 0 radical (unpaired) electrons. The molecule has 2 N–H and O–H groups in total. The zero-order valence-electron chi connectivity index (χ0n) is 17.8. The quantitative estimate of drug-likeness (QED) is 0.604. The molecule has 0 spiro atoms. The van der Waals surface area contributed by atoms with Crippen LogP contribution in [0.15, 0.2) is 28.9 Å². The monoisotopic (exact) mass is 492 g/mol. The summed E-state index contributed by atoms with van der Waals surface area (Å²) in [5.74, 6) is -1.05. The van der Waals surface area contributed by atoms with Gasteiger partial charge in [-0.3, -0.25) is 4.79 Å². The van der Waals surface area contributed by atoms with Crippen molar-refractivity contribution in [2.24, 2.45) is 0 Å². The number of ether oxygens (including phenoxy) is 2. The van der Waals surface area contributed by atoms with Crippen LogP contribution < -0.4 is 10.0 Å². The van der Waals surface area contributed by atoms with Gasteiger partial charge in [-0.25, -0.2) is 4.72 Å². The molecule has 1 aliphatic heterocycles. The second-order valence-corrected chi connectivity index (χ2v) is 8.96. The second kappa shape index (κ2) is 10.1. The van der Waals surface area contributed by atoms with E-state index in [1.54, 1.807) is 6.92 Å². The van der Waals surface area contributed by atoms with Crippen LogP contribution >= 0.6 is 0 Å². The van der Waals surface area contributed by atoms with E-state index < -0.39 is 34.0 Å². The number of oxazole rings is 1. The summed E-state index contributed by atoms with van der Waals surface area (Å²) in [6.07, 6.45) is -3.69. The van der Waals surface area contributed by atoms with Gasteiger partial charge in [-0.15, -0.1) is 0 Å². The lowest BCUT2D eigenvalue weighted by molar-refractivity contribution is -0.137. The van der Waals surface area contributed by atoms with Gasteiger partial charge in [-0.05, 0) is 31.0 Å². The van der Waals surface area contributed by atoms with Crippen LogP contribution in [0.4, 0.5) is 24.9 Å². The number of carbonyl (C=O) groups excluding carboxylic acids is 1. The molecule has 14 heteroatoms. The van der Waals surface area contributed by atoms with Crippen molar-refractivity contribution in [1.82, 2.24) is 14.0 Å². The van der Waals surface area contributed by atoms with E-state index in [0.29, 0.717) is 18.6 Å². The van der Waals surface area contributed by atoms with Gasteiger partial charge in [-0.2, -0.15) is 30.9 Å². The number of alkyl halides is 3. The maximum absolute atomic E-state index is 13.0. The van der Waals surface area contributed by atoms with Crippen molar-refractivity contribution < 1.29 is 40.3 Å². The normalized spacial score (nSPS) is 18.0. The van der Waals surface area contributed by atoms with Crippen LogP contribution in [0.25, 0.3) is 0 Å². The molecule has 182 valence electrons. The second-order valence-electron chi connectivity index (χ2n) is 7.29. The standard InChI is InChI=1S/C19H23F3N4O6S/c1-12-4-5-13(19(20,21)22)8-15(12)23-18-24-16(11-32-18)17(27)25-33(28,29)26-6-3-7-31-14(9-26)10-30-2/h4-5,8,11,14H,3,6-7,9-10H2,1-2H3,(H,23,24)(H,25,27). The Kier molecular flexibility index (Phi) is 7.62. The molecular formula is C19H23F3N4O6S. The zero-order chi connectivity index (χ0) is 24.2. The maximum atomic E-state index is 13.0. The van der Waals surface area contributed by atoms with Crippen LogP contribution in [-0.2, 0) is 25.9 Å². The Morgan fingerprint density at radius 1 is 1.36 bits per heavy atom. The highest BCUT2D eigenvalue weighted by Crippen LogP contribution is 2.33. The number of rotatable bonds is 7. The van der Waals surface area contributed by atoms with Gasteiger partial charge in [0.05, 0.1) is 18.3 Å². The van der Waals surface area contributed by atoms with Gasteiger partial charge in [0.25, 0.3) is 11.9 Å². The minimum atomic E-state index is -4.54. The van der Waals surface area contributed by atoms with Crippen molar-refractivity contribution in [2.45, 2.75) is 25.6 Å². The van der Waals surface area contributed by atoms with E-state index >= 15 is 0 Å². The van der Waals surface area contributed by atoms with Gasteiger partial charge < -0.3 is 19.2 Å². The lowest BCUT2D eigenvalue weighted by Gasteiger charge is -2.22. The van der Waals surface area contributed by atoms with Crippen LogP contribution in [-0.4, -0.2) is 63.1 Å². The van der Waals surface area contributed by atoms with E-state index in [1.165, 1.54) is 13.2 Å². The number of halogens is 3. The first-order chi connectivity index (χ1) is 15.5. The molecule has 1 aromatic carbocycles. The molecule has 1 amide bonds. The number of aryl methyl sites for hydroxylation is 1. The summed E-state index contributed by atoms with van der Waals surface area (Å²) in [5.41, 5.74) is -0.701. The van der Waals surface area contributed by atoms with Gasteiger partial charge in [0.2, 0.25) is 0 Å². The van der Waals surface area contributed by atoms with Crippen LogP contribution in [0.1, 0.15) is 28.0 Å². The fourth-order valence-electron chi connectivity index (χ4n) is 3.08. The topological polar surface area (TPSA) is 123 Å². The third kappa shape index (κ3) is 6.43. The molecular weight excluding hydrogens is 469 g/mol. The lowest BCUT2D eigenvalue weighted by Crippen LogP contribution is -2.46. The van der Waals surface area contributed by atoms with Gasteiger partial charge in [0.1, 0.15) is 6.26 Å². The highest BCUT2D eigenvalue weighted by atomic mass is 32.2. The highest BCUT2D eigenvalue weighted by Gasteiger charge is 2.32. The average molecular weight is 492 g/mol. The molecule has 33 heavy (non-hydrogen) atoms. The third-order valence-electron chi connectivity index (χ3n) is 4.77. The van der Waals surface area contributed by atoms with Crippen LogP contribution in [0.5, 0.6) is 0 Å². The molecule has 0 bridgehead atoms. The van der Waals surface area contributed by atoms with E-state index in [0.717, 1.165) is 22.7 Å². The van der Waals surface area contributed by atoms with Gasteiger partial charge in [-0.1, -0.05) is 6.07 Å². The summed E-state index contributed by atoms with van der Waals surface area (Å²) in [5, 5.41) is 2.57. The van der Waals surface area contributed by atoms with Gasteiger partial charge in [0.15, 0.2) is 5.69 Å². The predicted octanol–water partition coefficient (Wildman–Crippen LogP) is 2.46. The zero-order valence-corrected chi connectivity index (χ0v) is 18.6. The molecule has 1 saturated heterocycles. The number of methoxy groups -OCH3 is 1. The van der Waals surface area contributed by atoms with Crippen molar-refractivity contribution in [2.75, 3.05) is 38.7 Å². The summed E-state index contributed by atoms with van der Waals surface area (Å²) < 4.78 is 82.8. The molecule has 1 atom stereocenters. The number of nitrogens with zero attached hydrogens (tertiary/aromatic N) is 2. The number of anilines is 2. The summed E-state index contributed by atoms with van der Waals surface area (Å²) in [6, 6.07) is 2.81. The molecule has 10 nitrogen and oxygen atoms in total. The SMILES string of the molecule is COCC1CN(S(=O)(=O)NC(=O)c2coc(Nc3cc(C(F)(F)F)ccc3C)n2)CCCO1. The smallest absolute Gasteiger partial charge is 0.416 e. The predicted molar refractivity (Wildman–Crippen MR) is 110 cm³/mol. The Morgan fingerprint density at radius 2 is 2.12 bits per heavy atom. The highest BCUT2D eigenvalue weighted by molar-refractivity contribution is 7.87. The summed E-state index contributed by atoms with van der Waals surface area (Å²) in [6.45, 7) is 2.25. The van der Waals surface area contributed by atoms with E-state index in [4.69, 9.17) is 13.9 Å². The molecule has 2 heterocycles. The Balaban J connectivity index is 1.70. The van der Waals surface area contributed by atoms with E-state index in [9.17, 15) is 26.4 Å². The van der Waals surface area contributed by atoms with E-state index in [2.05, 4.69) is 10.3 Å². The number of hydrogen-bond acceptors (Lipinski definition) is 8. The molecule has 1 unspecified atom stereocenters. The number of carbonyl (C=O) groups is 1. The van der Waals surface area contributed by atoms with Crippen LogP contribution in [0.2, 0.25) is 0 Å². The largest absolute Gasteiger partial charge is 0.431 e. The lowest BCUT2D eigenvalue weighted by atomic mass is 10.1. The molecule has 2 aromatic rings. The summed E-state index contributed by atoms with van der Waals surface area (Å²) in [7, 11) is -2.75. The third-order valence-corrected chi connectivity index (χ3v) is 6.22. The average Bonchev–Trinajstić information content (AvgIpc) is 3.06. The maximum Gasteiger partial charge on any atom is 0.416 e. The van der Waals surface area contributed by atoms with Crippen molar-refractivity contribution in [3.63, 3.8) is 0 Å². The Morgan fingerprint density at radius 3 is 2.82 bits per heavy atom. The molecule has 1 fully saturated rings. The van der Waals surface area contributed by atoms with E-state index in [1.807, 2.05) is 4.72 Å². The van der Waals surface area contributed by atoms with Crippen molar-refractivity contribution in [3.8, 4) is 0 Å². The van der Waals surface area contributed by atoms with Crippen molar-refractivity contribution >= 4 is 27.8 Å². The Hall–Kier alpha value is -2.68. The molecule has 0 saturated carbocycles. The molecule has 1 aromatic heterocycles. The first-order valence-corrected chi connectivity index (χ1v) is 11.3. The Labute approximate surface area is 188 Å². The minimum absolute atomic E-state index is 0.00308. The molecule has 0 aliphatic carbocycles. The first-order valence-electron chi connectivity index (χ1n) is 9.83. The van der Waals surface area contributed by atoms with Crippen molar-refractivity contribution in [1.29, 1.82) is 0 Å². The van der Waals surface area contributed by atoms with Crippen LogP contribution in [0.3, 0.4) is 0 Å². The number of hydrogen-bond donors (Lipinski definition) is 2. The fraction of sp³-hybridized carbons (Fsp3) is 0.474. The van der Waals surface area contributed by atoms with Gasteiger partial charge in [0, 0.05) is 32.5 Å². The first kappa shape index (κ1) is 25.0. The number of nitrogens with one attached hydrogen (secondary N) is 2. The van der Waals surface area contributed by atoms with Gasteiger partial charge >= 0.3 is 16.4 Å². The molecule has 1 aliphatic rings. The number of benzene rings is 1. The van der Waals surface area contributed by atoms with Crippen LogP contribution in [0, 0.1) is 6.92 Å². The summed E-state index contributed by atoms with van der Waals surface area (Å²) in [4.78, 5) is 16.3. The van der Waals surface area contributed by atoms with E-state index in [-0.39, 0.29) is 37.1 Å². The van der Waals surface area contributed by atoms with Crippen molar-refractivity contribution in [3.05, 3.63) is 41.3 Å². The number of aromatic nitrogens is 1.